The van der Waals surface area contributed by atoms with Crippen LogP contribution in [0, 0.1) is 14.9 Å². The standard InChI is InChI=1S/C20H18ClIN2O2/c21-19-11-18(8-3-14(19)12-23)26-17-9-6-16(7-10-17)24-20(25)13-1-4-15(22)5-2-13/h1-5,8,11,16-17H,6-7,9-10H2,(H,24,25)/t16-,17-. The molecule has 0 radical (unpaired) electrons. The number of nitrogens with one attached hydrogen (secondary N) is 1. The van der Waals surface area contributed by atoms with E-state index in [1.54, 1.807) is 18.2 Å². The molecule has 0 aliphatic heterocycles. The van der Waals surface area contributed by atoms with Gasteiger partial charge >= 0.3 is 0 Å². The van der Waals surface area contributed by atoms with E-state index in [1.165, 1.54) is 0 Å². The smallest absolute Gasteiger partial charge is 0.251 e. The van der Waals surface area contributed by atoms with Crippen molar-refractivity contribution in [2.75, 3.05) is 0 Å². The van der Waals surface area contributed by atoms with Crippen molar-refractivity contribution in [1.82, 2.24) is 5.32 Å². The molecule has 6 heteroatoms. The highest BCUT2D eigenvalue weighted by atomic mass is 127. The predicted molar refractivity (Wildman–Crippen MR) is 109 cm³/mol. The molecular weight excluding hydrogens is 463 g/mol. The Morgan fingerprint density at radius 2 is 1.85 bits per heavy atom. The summed E-state index contributed by atoms with van der Waals surface area (Å²) in [5.74, 6) is 0.657. The van der Waals surface area contributed by atoms with Gasteiger partial charge in [0.1, 0.15) is 11.8 Å². The molecule has 3 rings (SSSR count). The first kappa shape index (κ1) is 19.0. The van der Waals surface area contributed by atoms with Gasteiger partial charge in [-0.1, -0.05) is 11.6 Å². The van der Waals surface area contributed by atoms with E-state index in [-0.39, 0.29) is 18.1 Å². The zero-order valence-electron chi connectivity index (χ0n) is 14.0. The van der Waals surface area contributed by atoms with Crippen LogP contribution in [0.3, 0.4) is 0 Å². The lowest BCUT2D eigenvalue weighted by Gasteiger charge is -2.29. The van der Waals surface area contributed by atoms with E-state index in [0.29, 0.717) is 21.9 Å². The first-order chi connectivity index (χ1) is 12.5. The van der Waals surface area contributed by atoms with Crippen molar-refractivity contribution in [2.24, 2.45) is 0 Å². The number of ether oxygens (including phenoxy) is 1. The molecule has 1 N–H and O–H groups in total. The zero-order chi connectivity index (χ0) is 18.5. The zero-order valence-corrected chi connectivity index (χ0v) is 17.0. The molecule has 2 aromatic carbocycles. The first-order valence-corrected chi connectivity index (χ1v) is 9.93. The Balaban J connectivity index is 1.49. The van der Waals surface area contributed by atoms with Crippen LogP contribution in [-0.4, -0.2) is 18.1 Å². The third-order valence-electron chi connectivity index (χ3n) is 4.48. The molecule has 1 aliphatic rings. The molecule has 0 bridgehead atoms. The SMILES string of the molecule is N#Cc1ccc(O[C@H]2CC[C@H](NC(=O)c3ccc(I)cc3)CC2)cc1Cl. The van der Waals surface area contributed by atoms with Crippen LogP contribution in [-0.2, 0) is 0 Å². The molecule has 0 aromatic heterocycles. The van der Waals surface area contributed by atoms with Gasteiger partial charge in [-0.25, -0.2) is 0 Å². The molecule has 134 valence electrons. The maximum Gasteiger partial charge on any atom is 0.251 e. The van der Waals surface area contributed by atoms with Gasteiger partial charge in [0.15, 0.2) is 0 Å². The highest BCUT2D eigenvalue weighted by molar-refractivity contribution is 14.1. The predicted octanol–water partition coefficient (Wildman–Crippen LogP) is 4.94. The van der Waals surface area contributed by atoms with E-state index in [2.05, 4.69) is 27.9 Å². The number of hydrogen-bond acceptors (Lipinski definition) is 3. The fourth-order valence-electron chi connectivity index (χ4n) is 3.05. The summed E-state index contributed by atoms with van der Waals surface area (Å²) in [6.07, 6.45) is 3.60. The summed E-state index contributed by atoms with van der Waals surface area (Å²) < 4.78 is 7.09. The van der Waals surface area contributed by atoms with Crippen LogP contribution in [0.1, 0.15) is 41.6 Å². The van der Waals surface area contributed by atoms with E-state index >= 15 is 0 Å². The van der Waals surface area contributed by atoms with Crippen LogP contribution in [0.15, 0.2) is 42.5 Å². The summed E-state index contributed by atoms with van der Waals surface area (Å²) in [5.41, 5.74) is 1.14. The van der Waals surface area contributed by atoms with E-state index in [1.807, 2.05) is 30.3 Å². The Kier molecular flexibility index (Phi) is 6.38. The number of amides is 1. The number of nitrogens with zero attached hydrogens (tertiary/aromatic N) is 1. The Morgan fingerprint density at radius 1 is 1.15 bits per heavy atom. The fourth-order valence-corrected chi connectivity index (χ4v) is 3.62. The normalized spacial score (nSPS) is 19.4. The van der Waals surface area contributed by atoms with Crippen LogP contribution in [0.4, 0.5) is 0 Å². The molecule has 0 unspecified atom stereocenters. The molecule has 0 atom stereocenters. The van der Waals surface area contributed by atoms with Crippen molar-refractivity contribution in [3.05, 3.63) is 62.2 Å². The number of carbonyl (C=O) groups excluding carboxylic acids is 1. The third-order valence-corrected chi connectivity index (χ3v) is 5.51. The van der Waals surface area contributed by atoms with Gasteiger partial charge < -0.3 is 10.1 Å². The van der Waals surface area contributed by atoms with Gasteiger partial charge in [-0.15, -0.1) is 0 Å². The quantitative estimate of drug-likeness (QED) is 0.631. The maximum absolute atomic E-state index is 12.3. The number of rotatable bonds is 4. The number of carbonyl (C=O) groups is 1. The van der Waals surface area contributed by atoms with Gasteiger partial charge in [-0.05, 0) is 84.7 Å². The highest BCUT2D eigenvalue weighted by Gasteiger charge is 2.24. The van der Waals surface area contributed by atoms with Crippen LogP contribution >= 0.6 is 34.2 Å². The minimum atomic E-state index is -0.0235. The summed E-state index contributed by atoms with van der Waals surface area (Å²) >= 11 is 8.27. The summed E-state index contributed by atoms with van der Waals surface area (Å²) in [6.45, 7) is 0. The third kappa shape index (κ3) is 4.89. The summed E-state index contributed by atoms with van der Waals surface area (Å²) in [4.78, 5) is 12.3. The van der Waals surface area contributed by atoms with E-state index in [4.69, 9.17) is 21.6 Å². The van der Waals surface area contributed by atoms with Crippen LogP contribution < -0.4 is 10.1 Å². The molecule has 2 aromatic rings. The number of halogens is 2. The topological polar surface area (TPSA) is 62.1 Å². The van der Waals surface area contributed by atoms with Gasteiger partial charge in [0.25, 0.3) is 5.91 Å². The Bertz CT molecular complexity index is 825. The monoisotopic (exact) mass is 480 g/mol. The van der Waals surface area contributed by atoms with Crippen LogP contribution in [0.2, 0.25) is 5.02 Å². The van der Waals surface area contributed by atoms with Crippen LogP contribution in [0.5, 0.6) is 5.75 Å². The van der Waals surface area contributed by atoms with Gasteiger partial charge in [-0.2, -0.15) is 5.26 Å². The number of hydrogen-bond donors (Lipinski definition) is 1. The molecular formula is C20H18ClIN2O2. The minimum Gasteiger partial charge on any atom is -0.490 e. The lowest BCUT2D eigenvalue weighted by atomic mass is 9.92. The van der Waals surface area contributed by atoms with Gasteiger partial charge in [0.05, 0.1) is 16.7 Å². The summed E-state index contributed by atoms with van der Waals surface area (Å²) in [5, 5.41) is 12.4. The van der Waals surface area contributed by atoms with Crippen molar-refractivity contribution in [3.63, 3.8) is 0 Å². The molecule has 0 heterocycles. The maximum atomic E-state index is 12.3. The second-order valence-corrected chi connectivity index (χ2v) is 7.98. The highest BCUT2D eigenvalue weighted by Crippen LogP contribution is 2.27. The number of nitriles is 1. The van der Waals surface area contributed by atoms with Crippen molar-refractivity contribution >= 4 is 40.1 Å². The molecule has 1 fully saturated rings. The summed E-state index contributed by atoms with van der Waals surface area (Å²) in [6, 6.07) is 14.9. The number of benzene rings is 2. The van der Waals surface area contributed by atoms with Crippen molar-refractivity contribution in [2.45, 2.75) is 37.8 Å². The second-order valence-electron chi connectivity index (χ2n) is 6.33. The summed E-state index contributed by atoms with van der Waals surface area (Å²) in [7, 11) is 0. The average Bonchev–Trinajstić information content (AvgIpc) is 2.64. The fraction of sp³-hybridized carbons (Fsp3) is 0.300. The molecule has 1 aliphatic carbocycles. The van der Waals surface area contributed by atoms with Crippen LogP contribution in [0.25, 0.3) is 0 Å². The largest absolute Gasteiger partial charge is 0.490 e. The van der Waals surface area contributed by atoms with E-state index in [0.717, 1.165) is 29.3 Å². The van der Waals surface area contributed by atoms with Crippen molar-refractivity contribution < 1.29 is 9.53 Å². The first-order valence-electron chi connectivity index (χ1n) is 8.48. The Labute approximate surface area is 171 Å². The Morgan fingerprint density at radius 3 is 2.46 bits per heavy atom. The molecule has 1 saturated carbocycles. The molecule has 0 spiro atoms. The lowest BCUT2D eigenvalue weighted by molar-refractivity contribution is 0.0894. The molecule has 4 nitrogen and oxygen atoms in total. The second kappa shape index (κ2) is 8.74. The molecule has 26 heavy (non-hydrogen) atoms. The average molecular weight is 481 g/mol. The van der Waals surface area contributed by atoms with Gasteiger partial charge in [0, 0.05) is 21.2 Å². The van der Waals surface area contributed by atoms with Gasteiger partial charge in [-0.3, -0.25) is 4.79 Å². The lowest BCUT2D eigenvalue weighted by Crippen LogP contribution is -2.39. The Hall–Kier alpha value is -1.78. The van der Waals surface area contributed by atoms with E-state index in [9.17, 15) is 4.79 Å². The van der Waals surface area contributed by atoms with Crippen molar-refractivity contribution in [3.8, 4) is 11.8 Å². The van der Waals surface area contributed by atoms with Crippen molar-refractivity contribution in [1.29, 1.82) is 5.26 Å². The minimum absolute atomic E-state index is 0.0235. The molecule has 0 saturated heterocycles. The molecule has 1 amide bonds. The van der Waals surface area contributed by atoms with E-state index < -0.39 is 0 Å². The van der Waals surface area contributed by atoms with Gasteiger partial charge in [0.2, 0.25) is 0 Å².